The standard InChI is InChI=1S/C22H30N2O4S/c1-17-10-8-12-20(18(17)2)24(29(5,26)27)15-9-14-22(25)23(3)16-19-11-6-7-13-21(19)28-4/h6-8,10-13H,9,14-16H2,1-5H3. The summed E-state index contributed by atoms with van der Waals surface area (Å²) in [4.78, 5) is 14.2. The minimum Gasteiger partial charge on any atom is -0.496 e. The molecule has 0 aliphatic carbocycles. The quantitative estimate of drug-likeness (QED) is 0.625. The Hall–Kier alpha value is -2.54. The van der Waals surface area contributed by atoms with Crippen molar-refractivity contribution in [1.29, 1.82) is 0 Å². The lowest BCUT2D eigenvalue weighted by Crippen LogP contribution is -2.33. The fraction of sp³-hybridized carbons (Fsp3) is 0.409. The third-order valence-corrected chi connectivity index (χ3v) is 6.20. The lowest BCUT2D eigenvalue weighted by Gasteiger charge is -2.25. The van der Waals surface area contributed by atoms with Crippen LogP contribution in [0.4, 0.5) is 5.69 Å². The summed E-state index contributed by atoms with van der Waals surface area (Å²) in [5.74, 6) is 0.704. The number of sulfonamides is 1. The Morgan fingerprint density at radius 3 is 2.41 bits per heavy atom. The molecule has 158 valence electrons. The number of nitrogens with zero attached hydrogens (tertiary/aromatic N) is 2. The van der Waals surface area contributed by atoms with Gasteiger partial charge in [0.1, 0.15) is 5.75 Å². The molecule has 29 heavy (non-hydrogen) atoms. The lowest BCUT2D eigenvalue weighted by atomic mass is 10.1. The van der Waals surface area contributed by atoms with Crippen molar-refractivity contribution in [3.8, 4) is 5.75 Å². The minimum absolute atomic E-state index is 0.0367. The summed E-state index contributed by atoms with van der Waals surface area (Å²) in [6.07, 6.45) is 1.91. The molecule has 0 heterocycles. The van der Waals surface area contributed by atoms with Gasteiger partial charge in [0.15, 0.2) is 0 Å². The highest BCUT2D eigenvalue weighted by Gasteiger charge is 2.20. The summed E-state index contributed by atoms with van der Waals surface area (Å²) in [5.41, 5.74) is 3.56. The highest BCUT2D eigenvalue weighted by Crippen LogP contribution is 2.25. The molecule has 0 atom stereocenters. The second kappa shape index (κ2) is 9.78. The molecule has 0 aliphatic rings. The van der Waals surface area contributed by atoms with Crippen LogP contribution in [0, 0.1) is 13.8 Å². The molecule has 0 unspecified atom stereocenters. The molecule has 2 aromatic carbocycles. The Kier molecular flexibility index (Phi) is 7.67. The number of hydrogen-bond donors (Lipinski definition) is 0. The van der Waals surface area contributed by atoms with Crippen LogP contribution in [0.15, 0.2) is 42.5 Å². The van der Waals surface area contributed by atoms with Gasteiger partial charge in [-0.05, 0) is 43.5 Å². The van der Waals surface area contributed by atoms with E-state index < -0.39 is 10.0 Å². The second-order valence-corrected chi connectivity index (χ2v) is 9.13. The van der Waals surface area contributed by atoms with E-state index in [1.807, 2.05) is 50.2 Å². The number of rotatable bonds is 9. The zero-order chi connectivity index (χ0) is 21.6. The molecule has 0 aliphatic heterocycles. The molecule has 2 rings (SSSR count). The highest BCUT2D eigenvalue weighted by molar-refractivity contribution is 7.92. The van der Waals surface area contributed by atoms with Crippen molar-refractivity contribution < 1.29 is 17.9 Å². The van der Waals surface area contributed by atoms with Crippen molar-refractivity contribution in [3.05, 3.63) is 59.2 Å². The van der Waals surface area contributed by atoms with Crippen molar-refractivity contribution >= 4 is 21.6 Å². The van der Waals surface area contributed by atoms with Gasteiger partial charge in [-0.1, -0.05) is 30.3 Å². The number of para-hydroxylation sites is 1. The molecular weight excluding hydrogens is 388 g/mol. The lowest BCUT2D eigenvalue weighted by molar-refractivity contribution is -0.130. The molecule has 0 aromatic heterocycles. The molecule has 0 saturated heterocycles. The van der Waals surface area contributed by atoms with E-state index in [2.05, 4.69) is 0 Å². The first-order valence-electron chi connectivity index (χ1n) is 9.55. The smallest absolute Gasteiger partial charge is 0.232 e. The van der Waals surface area contributed by atoms with E-state index in [9.17, 15) is 13.2 Å². The van der Waals surface area contributed by atoms with Crippen molar-refractivity contribution in [3.63, 3.8) is 0 Å². The van der Waals surface area contributed by atoms with E-state index in [0.717, 1.165) is 22.4 Å². The zero-order valence-corrected chi connectivity index (χ0v) is 18.6. The minimum atomic E-state index is -3.44. The van der Waals surface area contributed by atoms with E-state index in [0.29, 0.717) is 18.7 Å². The molecule has 6 nitrogen and oxygen atoms in total. The summed E-state index contributed by atoms with van der Waals surface area (Å²) in [6, 6.07) is 13.2. The Morgan fingerprint density at radius 2 is 1.76 bits per heavy atom. The maximum atomic E-state index is 12.6. The van der Waals surface area contributed by atoms with Gasteiger partial charge in [-0.2, -0.15) is 0 Å². The van der Waals surface area contributed by atoms with Crippen LogP contribution >= 0.6 is 0 Å². The van der Waals surface area contributed by atoms with Gasteiger partial charge >= 0.3 is 0 Å². The maximum absolute atomic E-state index is 12.6. The molecule has 0 saturated carbocycles. The van der Waals surface area contributed by atoms with Gasteiger partial charge in [0.2, 0.25) is 15.9 Å². The number of carbonyl (C=O) groups excluding carboxylic acids is 1. The second-order valence-electron chi connectivity index (χ2n) is 7.22. The monoisotopic (exact) mass is 418 g/mol. The fourth-order valence-electron chi connectivity index (χ4n) is 3.21. The van der Waals surface area contributed by atoms with Crippen LogP contribution in [-0.4, -0.2) is 46.2 Å². The average Bonchev–Trinajstić information content (AvgIpc) is 2.67. The maximum Gasteiger partial charge on any atom is 0.232 e. The molecule has 1 amide bonds. The van der Waals surface area contributed by atoms with Crippen molar-refractivity contribution in [1.82, 2.24) is 4.90 Å². The molecule has 0 N–H and O–H groups in total. The van der Waals surface area contributed by atoms with Crippen LogP contribution in [0.1, 0.15) is 29.5 Å². The predicted octanol–water partition coefficient (Wildman–Crippen LogP) is 3.52. The van der Waals surface area contributed by atoms with Crippen LogP contribution < -0.4 is 9.04 Å². The number of ether oxygens (including phenoxy) is 1. The zero-order valence-electron chi connectivity index (χ0n) is 17.8. The SMILES string of the molecule is COc1ccccc1CN(C)C(=O)CCCN(c1cccc(C)c1C)S(C)(=O)=O. The Labute approximate surface area is 174 Å². The van der Waals surface area contributed by atoms with E-state index in [-0.39, 0.29) is 18.9 Å². The number of amides is 1. The first kappa shape index (κ1) is 22.7. The molecule has 0 radical (unpaired) electrons. The molecule has 0 fully saturated rings. The van der Waals surface area contributed by atoms with Crippen LogP contribution in [0.3, 0.4) is 0 Å². The summed E-state index contributed by atoms with van der Waals surface area (Å²) < 4.78 is 31.4. The highest BCUT2D eigenvalue weighted by atomic mass is 32.2. The molecule has 0 bridgehead atoms. The summed E-state index contributed by atoms with van der Waals surface area (Å²) >= 11 is 0. The predicted molar refractivity (Wildman–Crippen MR) is 117 cm³/mol. The first-order valence-corrected chi connectivity index (χ1v) is 11.4. The van der Waals surface area contributed by atoms with Crippen molar-refractivity contribution in [2.45, 2.75) is 33.2 Å². The third kappa shape index (κ3) is 5.97. The van der Waals surface area contributed by atoms with E-state index in [1.54, 1.807) is 25.1 Å². The van der Waals surface area contributed by atoms with Crippen LogP contribution in [0.25, 0.3) is 0 Å². The number of benzene rings is 2. The van der Waals surface area contributed by atoms with Gasteiger partial charge in [-0.3, -0.25) is 9.10 Å². The van der Waals surface area contributed by atoms with Gasteiger partial charge < -0.3 is 9.64 Å². The van der Waals surface area contributed by atoms with Crippen molar-refractivity contribution in [2.24, 2.45) is 0 Å². The number of carbonyl (C=O) groups is 1. The Bertz CT molecular complexity index is 957. The van der Waals surface area contributed by atoms with Crippen LogP contribution in [-0.2, 0) is 21.4 Å². The molecule has 0 spiro atoms. The summed E-state index contributed by atoms with van der Waals surface area (Å²) in [7, 11) is -0.0923. The summed E-state index contributed by atoms with van der Waals surface area (Å²) in [5, 5.41) is 0. The number of aryl methyl sites for hydroxylation is 1. The molecule has 2 aromatic rings. The largest absolute Gasteiger partial charge is 0.496 e. The average molecular weight is 419 g/mol. The van der Waals surface area contributed by atoms with E-state index in [4.69, 9.17) is 4.74 Å². The fourth-order valence-corrected chi connectivity index (χ4v) is 4.23. The van der Waals surface area contributed by atoms with Gasteiger partial charge in [-0.25, -0.2) is 8.42 Å². The van der Waals surface area contributed by atoms with Gasteiger partial charge in [0.05, 0.1) is 19.1 Å². The van der Waals surface area contributed by atoms with Crippen LogP contribution in [0.2, 0.25) is 0 Å². The van der Waals surface area contributed by atoms with Gasteiger partial charge in [0, 0.05) is 32.1 Å². The van der Waals surface area contributed by atoms with Gasteiger partial charge in [0.25, 0.3) is 0 Å². The Morgan fingerprint density at radius 1 is 1.07 bits per heavy atom. The third-order valence-electron chi connectivity index (χ3n) is 5.02. The topological polar surface area (TPSA) is 66.9 Å². The number of hydrogen-bond acceptors (Lipinski definition) is 4. The Balaban J connectivity index is 2.02. The molecular formula is C22H30N2O4S. The van der Waals surface area contributed by atoms with Crippen molar-refractivity contribution in [2.75, 3.05) is 31.3 Å². The van der Waals surface area contributed by atoms with Crippen LogP contribution in [0.5, 0.6) is 5.75 Å². The number of anilines is 1. The normalized spacial score (nSPS) is 11.2. The first-order chi connectivity index (χ1) is 13.6. The summed E-state index contributed by atoms with van der Waals surface area (Å²) in [6.45, 7) is 4.57. The number of methoxy groups -OCH3 is 1. The van der Waals surface area contributed by atoms with E-state index in [1.165, 1.54) is 10.6 Å². The van der Waals surface area contributed by atoms with Gasteiger partial charge in [-0.15, -0.1) is 0 Å². The van der Waals surface area contributed by atoms with E-state index >= 15 is 0 Å². The molecule has 7 heteroatoms.